The summed E-state index contributed by atoms with van der Waals surface area (Å²) in [5, 5.41) is 4.62. The quantitative estimate of drug-likeness (QED) is 0.779. The number of hydrogen-bond donors (Lipinski definition) is 0. The molecule has 0 fully saturated rings. The number of hydrogen-bond acceptors (Lipinski definition) is 2. The summed E-state index contributed by atoms with van der Waals surface area (Å²) in [5.74, 6) is -0.891. The lowest BCUT2D eigenvalue weighted by atomic mass is 10.1. The van der Waals surface area contributed by atoms with Crippen LogP contribution in [0.4, 0.5) is 4.39 Å². The topological polar surface area (TPSA) is 34.9 Å². The van der Waals surface area contributed by atoms with Gasteiger partial charge in [-0.15, -0.1) is 0 Å². The fourth-order valence-corrected chi connectivity index (χ4v) is 2.04. The highest BCUT2D eigenvalue weighted by Crippen LogP contribution is 2.17. The van der Waals surface area contributed by atoms with E-state index in [9.17, 15) is 9.18 Å². The summed E-state index contributed by atoms with van der Waals surface area (Å²) in [5.41, 5.74) is 0.692. The van der Waals surface area contributed by atoms with Crippen LogP contribution in [0.5, 0.6) is 0 Å². The van der Waals surface area contributed by atoms with Crippen LogP contribution in [0.25, 0.3) is 0 Å². The lowest BCUT2D eigenvalue weighted by molar-refractivity contribution is 0.0988. The molecule has 2 aromatic rings. The summed E-state index contributed by atoms with van der Waals surface area (Å²) in [7, 11) is 0. The summed E-state index contributed by atoms with van der Waals surface area (Å²) in [6.07, 6.45) is 2.89. The van der Waals surface area contributed by atoms with Crippen molar-refractivity contribution in [1.29, 1.82) is 0 Å². The number of Topliss-reactive ketones (excluding diaryl/α,β-unsaturated/α-hetero) is 1. The number of carbonyl (C=O) groups is 1. The van der Waals surface area contributed by atoms with Gasteiger partial charge in [0.2, 0.25) is 0 Å². The predicted molar refractivity (Wildman–Crippen MR) is 76.7 cm³/mol. The summed E-state index contributed by atoms with van der Waals surface area (Å²) in [6, 6.07) is 6.14. The zero-order valence-electron chi connectivity index (χ0n) is 11.4. The normalized spacial score (nSPS) is 12.4. The molecule has 1 unspecified atom stereocenters. The summed E-state index contributed by atoms with van der Waals surface area (Å²) in [4.78, 5) is 12.1. The molecule has 0 aliphatic rings. The highest BCUT2D eigenvalue weighted by atomic mass is 35.5. The third kappa shape index (κ3) is 3.25. The van der Waals surface area contributed by atoms with E-state index in [1.165, 1.54) is 12.1 Å². The first kappa shape index (κ1) is 14.7. The molecule has 0 N–H and O–H groups in total. The number of rotatable bonds is 5. The molecular formula is C15H16ClFN2O. The van der Waals surface area contributed by atoms with Crippen LogP contribution in [0.1, 0.15) is 42.4 Å². The smallest absolute Gasteiger partial charge is 0.171 e. The van der Waals surface area contributed by atoms with Crippen LogP contribution in [-0.2, 0) is 6.42 Å². The van der Waals surface area contributed by atoms with Gasteiger partial charge in [-0.1, -0.05) is 18.5 Å². The molecule has 2 rings (SSSR count). The fourth-order valence-electron chi connectivity index (χ4n) is 1.88. The number of halogens is 2. The molecule has 20 heavy (non-hydrogen) atoms. The van der Waals surface area contributed by atoms with Gasteiger partial charge in [-0.2, -0.15) is 5.10 Å². The standard InChI is InChI=1S/C15H16ClFN2O/c1-3-10(2)19-7-6-12(18-19)9-15(20)13-5-4-11(16)8-14(13)17/h4-8,10H,3,9H2,1-2H3. The van der Waals surface area contributed by atoms with E-state index in [1.54, 1.807) is 6.07 Å². The minimum absolute atomic E-state index is 0.0486. The van der Waals surface area contributed by atoms with Gasteiger partial charge in [-0.3, -0.25) is 9.48 Å². The van der Waals surface area contributed by atoms with E-state index in [4.69, 9.17) is 11.6 Å². The maximum atomic E-state index is 13.7. The van der Waals surface area contributed by atoms with Gasteiger partial charge in [0.1, 0.15) is 5.82 Å². The molecule has 0 saturated carbocycles. The highest BCUT2D eigenvalue weighted by molar-refractivity contribution is 6.30. The van der Waals surface area contributed by atoms with E-state index >= 15 is 0 Å². The van der Waals surface area contributed by atoms with E-state index in [0.29, 0.717) is 5.69 Å². The van der Waals surface area contributed by atoms with Crippen LogP contribution in [0.3, 0.4) is 0 Å². The van der Waals surface area contributed by atoms with Crippen molar-refractivity contribution in [2.24, 2.45) is 0 Å². The zero-order chi connectivity index (χ0) is 14.7. The Morgan fingerprint density at radius 1 is 1.45 bits per heavy atom. The maximum absolute atomic E-state index is 13.7. The Morgan fingerprint density at radius 2 is 2.20 bits per heavy atom. The Bertz CT molecular complexity index is 624. The Morgan fingerprint density at radius 3 is 2.85 bits per heavy atom. The van der Waals surface area contributed by atoms with Gasteiger partial charge >= 0.3 is 0 Å². The molecule has 3 nitrogen and oxygen atoms in total. The van der Waals surface area contributed by atoms with Crippen molar-refractivity contribution in [3.05, 3.63) is 52.6 Å². The first-order chi connectivity index (χ1) is 9.51. The minimum atomic E-state index is -0.594. The first-order valence-corrected chi connectivity index (χ1v) is 6.91. The van der Waals surface area contributed by atoms with Crippen LogP contribution in [-0.4, -0.2) is 15.6 Å². The van der Waals surface area contributed by atoms with Crippen LogP contribution in [0.2, 0.25) is 5.02 Å². The molecule has 0 radical (unpaired) electrons. The minimum Gasteiger partial charge on any atom is -0.294 e. The maximum Gasteiger partial charge on any atom is 0.171 e. The average molecular weight is 295 g/mol. The average Bonchev–Trinajstić information content (AvgIpc) is 2.86. The van der Waals surface area contributed by atoms with E-state index in [2.05, 4.69) is 18.9 Å². The molecule has 0 aliphatic heterocycles. The van der Waals surface area contributed by atoms with Gasteiger partial charge in [0.25, 0.3) is 0 Å². The molecule has 0 saturated heterocycles. The van der Waals surface area contributed by atoms with Gasteiger partial charge in [0.15, 0.2) is 5.78 Å². The number of aromatic nitrogens is 2. The van der Waals surface area contributed by atoms with Crippen LogP contribution in [0.15, 0.2) is 30.5 Å². The largest absolute Gasteiger partial charge is 0.294 e. The Kier molecular flexibility index (Phi) is 4.55. The van der Waals surface area contributed by atoms with E-state index in [1.807, 2.05) is 10.9 Å². The van der Waals surface area contributed by atoms with E-state index in [0.717, 1.165) is 12.5 Å². The Balaban J connectivity index is 2.13. The van der Waals surface area contributed by atoms with Crippen molar-refractivity contribution >= 4 is 17.4 Å². The van der Waals surface area contributed by atoms with Gasteiger partial charge in [-0.05, 0) is 37.6 Å². The zero-order valence-corrected chi connectivity index (χ0v) is 12.2. The van der Waals surface area contributed by atoms with Gasteiger partial charge in [0.05, 0.1) is 17.7 Å². The monoisotopic (exact) mass is 294 g/mol. The van der Waals surface area contributed by atoms with Crippen molar-refractivity contribution in [1.82, 2.24) is 9.78 Å². The number of nitrogens with zero attached hydrogens (tertiary/aromatic N) is 2. The third-order valence-corrected chi connectivity index (χ3v) is 3.51. The van der Waals surface area contributed by atoms with Crippen molar-refractivity contribution in [3.63, 3.8) is 0 Å². The van der Waals surface area contributed by atoms with E-state index in [-0.39, 0.29) is 28.8 Å². The molecule has 1 aromatic heterocycles. The van der Waals surface area contributed by atoms with Crippen molar-refractivity contribution in [2.45, 2.75) is 32.7 Å². The fraction of sp³-hybridized carbons (Fsp3) is 0.333. The molecule has 0 bridgehead atoms. The van der Waals surface area contributed by atoms with Crippen LogP contribution in [0, 0.1) is 5.82 Å². The lowest BCUT2D eigenvalue weighted by Crippen LogP contribution is -2.09. The Labute approximate surface area is 122 Å². The predicted octanol–water partition coefficient (Wildman–Crippen LogP) is 4.07. The van der Waals surface area contributed by atoms with E-state index < -0.39 is 5.82 Å². The van der Waals surface area contributed by atoms with Gasteiger partial charge < -0.3 is 0 Å². The van der Waals surface area contributed by atoms with Gasteiger partial charge in [0, 0.05) is 17.3 Å². The second kappa shape index (κ2) is 6.18. The second-order valence-corrected chi connectivity index (χ2v) is 5.20. The molecule has 5 heteroatoms. The SMILES string of the molecule is CCC(C)n1ccc(CC(=O)c2ccc(Cl)cc2F)n1. The number of ketones is 1. The number of benzene rings is 1. The first-order valence-electron chi connectivity index (χ1n) is 6.53. The van der Waals surface area contributed by atoms with Crippen LogP contribution >= 0.6 is 11.6 Å². The highest BCUT2D eigenvalue weighted by Gasteiger charge is 2.14. The van der Waals surface area contributed by atoms with Crippen molar-refractivity contribution in [2.75, 3.05) is 0 Å². The summed E-state index contributed by atoms with van der Waals surface area (Å²) >= 11 is 5.67. The molecule has 0 aliphatic carbocycles. The molecule has 1 aromatic carbocycles. The summed E-state index contributed by atoms with van der Waals surface area (Å²) < 4.78 is 15.5. The van der Waals surface area contributed by atoms with Crippen molar-refractivity contribution in [3.8, 4) is 0 Å². The van der Waals surface area contributed by atoms with Crippen LogP contribution < -0.4 is 0 Å². The third-order valence-electron chi connectivity index (χ3n) is 3.28. The molecule has 1 heterocycles. The number of carbonyl (C=O) groups excluding carboxylic acids is 1. The molecular weight excluding hydrogens is 279 g/mol. The van der Waals surface area contributed by atoms with Gasteiger partial charge in [-0.25, -0.2) is 4.39 Å². The summed E-state index contributed by atoms with van der Waals surface area (Å²) in [6.45, 7) is 4.12. The molecule has 0 amide bonds. The lowest BCUT2D eigenvalue weighted by Gasteiger charge is -2.08. The second-order valence-electron chi connectivity index (χ2n) is 4.77. The Hall–Kier alpha value is -1.68. The molecule has 0 spiro atoms. The molecule has 1 atom stereocenters. The van der Waals surface area contributed by atoms with Crippen molar-refractivity contribution < 1.29 is 9.18 Å². The molecule has 106 valence electrons.